The lowest BCUT2D eigenvalue weighted by Gasteiger charge is -2.09. The van der Waals surface area contributed by atoms with Crippen molar-refractivity contribution in [3.8, 4) is 0 Å². The summed E-state index contributed by atoms with van der Waals surface area (Å²) >= 11 is 6.00. The Labute approximate surface area is 125 Å². The zero-order chi connectivity index (χ0) is 14.2. The monoisotopic (exact) mass is 294 g/mol. The lowest BCUT2D eigenvalue weighted by Crippen LogP contribution is -1.97. The minimum absolute atomic E-state index is 0.235. The SMILES string of the molecule is Clc1nc(Nc2ccc3[nH]ccc3c2)c2ccccc2n1. The zero-order valence-electron chi connectivity index (χ0n) is 11.0. The number of aromatic amines is 1. The third-order valence-corrected chi connectivity index (χ3v) is 3.56. The fraction of sp³-hybridized carbons (Fsp3) is 0. The highest BCUT2D eigenvalue weighted by molar-refractivity contribution is 6.28. The van der Waals surface area contributed by atoms with E-state index in [9.17, 15) is 0 Å². The van der Waals surface area contributed by atoms with Crippen molar-refractivity contribution in [3.05, 3.63) is 60.0 Å². The Hall–Kier alpha value is -2.59. The Morgan fingerprint density at radius 3 is 2.86 bits per heavy atom. The number of fused-ring (bicyclic) bond motifs is 2. The van der Waals surface area contributed by atoms with Gasteiger partial charge in [0.05, 0.1) is 5.52 Å². The van der Waals surface area contributed by atoms with Gasteiger partial charge in [0.15, 0.2) is 0 Å². The number of anilines is 2. The van der Waals surface area contributed by atoms with Gasteiger partial charge in [0.25, 0.3) is 0 Å². The Morgan fingerprint density at radius 2 is 1.90 bits per heavy atom. The van der Waals surface area contributed by atoms with Crippen LogP contribution in [0.3, 0.4) is 0 Å². The highest BCUT2D eigenvalue weighted by atomic mass is 35.5. The summed E-state index contributed by atoms with van der Waals surface area (Å²) in [5, 5.41) is 5.64. The minimum Gasteiger partial charge on any atom is -0.361 e. The zero-order valence-corrected chi connectivity index (χ0v) is 11.7. The van der Waals surface area contributed by atoms with Crippen LogP contribution in [0.4, 0.5) is 11.5 Å². The van der Waals surface area contributed by atoms with E-state index in [0.29, 0.717) is 5.82 Å². The van der Waals surface area contributed by atoms with Crippen LogP contribution in [0.25, 0.3) is 21.8 Å². The van der Waals surface area contributed by atoms with Crippen LogP contribution < -0.4 is 5.32 Å². The summed E-state index contributed by atoms with van der Waals surface area (Å²) in [4.78, 5) is 11.7. The van der Waals surface area contributed by atoms with Gasteiger partial charge in [-0.15, -0.1) is 0 Å². The summed E-state index contributed by atoms with van der Waals surface area (Å²) in [5.41, 5.74) is 2.89. The van der Waals surface area contributed by atoms with Gasteiger partial charge in [0, 0.05) is 28.2 Å². The number of benzene rings is 2. The van der Waals surface area contributed by atoms with Gasteiger partial charge in [0.2, 0.25) is 5.28 Å². The van der Waals surface area contributed by atoms with Crippen molar-refractivity contribution >= 4 is 44.9 Å². The smallest absolute Gasteiger partial charge is 0.224 e. The first kappa shape index (κ1) is 12.2. The molecule has 5 heteroatoms. The number of halogens is 1. The van der Waals surface area contributed by atoms with Crippen LogP contribution in [-0.2, 0) is 0 Å². The molecule has 0 bridgehead atoms. The van der Waals surface area contributed by atoms with Crippen molar-refractivity contribution in [1.82, 2.24) is 15.0 Å². The van der Waals surface area contributed by atoms with Crippen LogP contribution >= 0.6 is 11.6 Å². The molecule has 4 aromatic rings. The summed E-state index contributed by atoms with van der Waals surface area (Å²) in [5.74, 6) is 0.709. The van der Waals surface area contributed by atoms with E-state index in [-0.39, 0.29) is 5.28 Å². The normalized spacial score (nSPS) is 11.1. The number of H-pyrrole nitrogens is 1. The first-order valence-electron chi connectivity index (χ1n) is 6.56. The third-order valence-electron chi connectivity index (χ3n) is 3.39. The molecule has 102 valence electrons. The van der Waals surface area contributed by atoms with Gasteiger partial charge in [-0.1, -0.05) is 12.1 Å². The van der Waals surface area contributed by atoms with Gasteiger partial charge in [-0.05, 0) is 48.0 Å². The number of rotatable bonds is 2. The summed E-state index contributed by atoms with van der Waals surface area (Å²) in [6.07, 6.45) is 1.92. The van der Waals surface area contributed by atoms with E-state index in [1.807, 2.05) is 48.7 Å². The molecule has 4 nitrogen and oxygen atoms in total. The predicted molar refractivity (Wildman–Crippen MR) is 86.1 cm³/mol. The average Bonchev–Trinajstić information content (AvgIpc) is 2.94. The van der Waals surface area contributed by atoms with Gasteiger partial charge >= 0.3 is 0 Å². The molecule has 0 fully saturated rings. The Kier molecular flexibility index (Phi) is 2.75. The van der Waals surface area contributed by atoms with Crippen molar-refractivity contribution in [1.29, 1.82) is 0 Å². The predicted octanol–water partition coefficient (Wildman–Crippen LogP) is 4.51. The lowest BCUT2D eigenvalue weighted by atomic mass is 10.2. The van der Waals surface area contributed by atoms with E-state index in [1.54, 1.807) is 0 Å². The molecule has 0 aliphatic heterocycles. The highest BCUT2D eigenvalue weighted by Crippen LogP contribution is 2.26. The molecule has 0 amide bonds. The molecule has 2 N–H and O–H groups in total. The van der Waals surface area contributed by atoms with Gasteiger partial charge < -0.3 is 10.3 Å². The van der Waals surface area contributed by atoms with E-state index in [2.05, 4.69) is 26.3 Å². The van der Waals surface area contributed by atoms with Crippen LogP contribution in [0.1, 0.15) is 0 Å². The van der Waals surface area contributed by atoms with Gasteiger partial charge in [0.1, 0.15) is 5.82 Å². The quantitative estimate of drug-likeness (QED) is 0.535. The van der Waals surface area contributed by atoms with E-state index in [1.165, 1.54) is 0 Å². The Balaban J connectivity index is 1.82. The largest absolute Gasteiger partial charge is 0.361 e. The number of para-hydroxylation sites is 1. The molecule has 0 aliphatic rings. The molecule has 21 heavy (non-hydrogen) atoms. The van der Waals surface area contributed by atoms with Crippen molar-refractivity contribution in [3.63, 3.8) is 0 Å². The van der Waals surface area contributed by atoms with Crippen molar-refractivity contribution in [2.45, 2.75) is 0 Å². The first-order chi connectivity index (χ1) is 10.3. The molecule has 0 saturated heterocycles. The third kappa shape index (κ3) is 2.19. The maximum absolute atomic E-state index is 6.00. The summed E-state index contributed by atoms with van der Waals surface area (Å²) < 4.78 is 0. The molecule has 0 spiro atoms. The second-order valence-corrected chi connectivity index (χ2v) is 5.10. The molecule has 0 atom stereocenters. The molecular weight excluding hydrogens is 284 g/mol. The fourth-order valence-corrected chi connectivity index (χ4v) is 2.59. The second kappa shape index (κ2) is 4.75. The van der Waals surface area contributed by atoms with Crippen LogP contribution in [-0.4, -0.2) is 15.0 Å². The maximum Gasteiger partial charge on any atom is 0.224 e. The van der Waals surface area contributed by atoms with E-state index < -0.39 is 0 Å². The Bertz CT molecular complexity index is 945. The summed E-state index contributed by atoms with van der Waals surface area (Å²) in [6, 6.07) is 15.9. The van der Waals surface area contributed by atoms with E-state index >= 15 is 0 Å². The van der Waals surface area contributed by atoms with Crippen LogP contribution in [0.5, 0.6) is 0 Å². The summed E-state index contributed by atoms with van der Waals surface area (Å²) in [7, 11) is 0. The molecule has 0 unspecified atom stereocenters. The van der Waals surface area contributed by atoms with Crippen molar-refractivity contribution in [2.24, 2.45) is 0 Å². The molecule has 4 rings (SSSR count). The molecule has 2 aromatic carbocycles. The van der Waals surface area contributed by atoms with Crippen molar-refractivity contribution in [2.75, 3.05) is 5.32 Å². The van der Waals surface area contributed by atoms with Gasteiger partial charge in [-0.2, -0.15) is 4.98 Å². The maximum atomic E-state index is 6.00. The number of aromatic nitrogens is 3. The van der Waals surface area contributed by atoms with Crippen LogP contribution in [0, 0.1) is 0 Å². The average molecular weight is 295 g/mol. The molecule has 0 aliphatic carbocycles. The molecule has 2 aromatic heterocycles. The van der Waals surface area contributed by atoms with Crippen LogP contribution in [0.15, 0.2) is 54.7 Å². The number of hydrogen-bond acceptors (Lipinski definition) is 3. The standard InChI is InChI=1S/C16H11ClN4/c17-16-20-14-4-2-1-3-12(14)15(21-16)19-11-5-6-13-10(9-11)7-8-18-13/h1-9,18H,(H,19,20,21). The molecule has 2 heterocycles. The van der Waals surface area contributed by atoms with E-state index in [4.69, 9.17) is 11.6 Å². The number of nitrogens with zero attached hydrogens (tertiary/aromatic N) is 2. The first-order valence-corrected chi connectivity index (χ1v) is 6.94. The van der Waals surface area contributed by atoms with E-state index in [0.717, 1.165) is 27.5 Å². The molecular formula is C16H11ClN4. The topological polar surface area (TPSA) is 53.6 Å². The highest BCUT2D eigenvalue weighted by Gasteiger charge is 2.07. The second-order valence-electron chi connectivity index (χ2n) is 4.76. The van der Waals surface area contributed by atoms with Crippen molar-refractivity contribution < 1.29 is 0 Å². The lowest BCUT2D eigenvalue weighted by molar-refractivity contribution is 1.22. The number of nitrogens with one attached hydrogen (secondary N) is 2. The Morgan fingerprint density at radius 1 is 1.00 bits per heavy atom. The fourth-order valence-electron chi connectivity index (χ4n) is 2.41. The van der Waals surface area contributed by atoms with Gasteiger partial charge in [-0.25, -0.2) is 4.98 Å². The molecule has 0 saturated carbocycles. The van der Waals surface area contributed by atoms with Crippen LogP contribution in [0.2, 0.25) is 5.28 Å². The summed E-state index contributed by atoms with van der Waals surface area (Å²) in [6.45, 7) is 0. The minimum atomic E-state index is 0.235. The molecule has 0 radical (unpaired) electrons. The number of hydrogen-bond donors (Lipinski definition) is 2. The van der Waals surface area contributed by atoms with Gasteiger partial charge in [-0.3, -0.25) is 0 Å².